The van der Waals surface area contributed by atoms with Gasteiger partial charge >= 0.3 is 0 Å². The van der Waals surface area contributed by atoms with Crippen molar-refractivity contribution in [1.29, 1.82) is 0 Å². The molecule has 0 aliphatic rings. The van der Waals surface area contributed by atoms with E-state index in [0.717, 1.165) is 22.0 Å². The fourth-order valence-electron chi connectivity index (χ4n) is 3.14. The summed E-state index contributed by atoms with van der Waals surface area (Å²) in [6, 6.07) is 17.8. The number of thioether (sulfide) groups is 1. The molecule has 6 nitrogen and oxygen atoms in total. The van der Waals surface area contributed by atoms with Gasteiger partial charge in [-0.1, -0.05) is 67.2 Å². The third kappa shape index (κ3) is 3.71. The van der Waals surface area contributed by atoms with Crippen molar-refractivity contribution in [2.24, 2.45) is 0 Å². The number of H-pyrrole nitrogens is 1. The zero-order chi connectivity index (χ0) is 19.5. The van der Waals surface area contributed by atoms with Gasteiger partial charge in [-0.15, -0.1) is 10.2 Å². The molecule has 2 N–H and O–H groups in total. The lowest BCUT2D eigenvalue weighted by Crippen LogP contribution is -2.34. The van der Waals surface area contributed by atoms with Crippen LogP contribution in [0.2, 0.25) is 0 Å². The molecule has 0 saturated heterocycles. The SMILES string of the molecule is CC[C@H](Sc1nnc2c(n1)[nH]c1ccccc12)C(=O)N[C@@H](C)c1ccccc1. The predicted octanol–water partition coefficient (Wildman–Crippen LogP) is 4.25. The van der Waals surface area contributed by atoms with E-state index in [9.17, 15) is 4.79 Å². The first-order valence-corrected chi connectivity index (χ1v) is 10.2. The topological polar surface area (TPSA) is 83.6 Å². The third-order valence-corrected chi connectivity index (χ3v) is 5.89. The minimum Gasteiger partial charge on any atom is -0.349 e. The van der Waals surface area contributed by atoms with Crippen LogP contribution in [0.4, 0.5) is 0 Å². The molecule has 1 amide bonds. The average molecular weight is 392 g/mol. The van der Waals surface area contributed by atoms with E-state index in [2.05, 4.69) is 25.5 Å². The van der Waals surface area contributed by atoms with Crippen molar-refractivity contribution in [1.82, 2.24) is 25.5 Å². The maximum Gasteiger partial charge on any atom is 0.234 e. The van der Waals surface area contributed by atoms with Gasteiger partial charge in [-0.2, -0.15) is 0 Å². The molecule has 0 saturated carbocycles. The van der Waals surface area contributed by atoms with Crippen molar-refractivity contribution in [3.8, 4) is 0 Å². The van der Waals surface area contributed by atoms with Gasteiger partial charge in [0.05, 0.1) is 11.3 Å². The molecule has 2 aromatic heterocycles. The van der Waals surface area contributed by atoms with Gasteiger partial charge in [-0.3, -0.25) is 4.79 Å². The lowest BCUT2D eigenvalue weighted by molar-refractivity contribution is -0.121. The summed E-state index contributed by atoms with van der Waals surface area (Å²) in [6.07, 6.45) is 0.673. The van der Waals surface area contributed by atoms with Gasteiger partial charge in [0.1, 0.15) is 5.52 Å². The van der Waals surface area contributed by atoms with Crippen LogP contribution in [0.3, 0.4) is 0 Å². The molecule has 0 spiro atoms. The number of aromatic nitrogens is 4. The second-order valence-corrected chi connectivity index (χ2v) is 7.79. The van der Waals surface area contributed by atoms with Gasteiger partial charge in [0, 0.05) is 10.9 Å². The standard InChI is InChI=1S/C21H21N5OS/c1-3-17(20(27)22-13(2)14-9-5-4-6-10-14)28-21-24-19-18(25-26-21)15-11-7-8-12-16(15)23-19/h4-13,17H,3H2,1-2H3,(H,22,27)(H,23,24,26)/t13-,17-/m0/s1. The molecule has 2 atom stereocenters. The summed E-state index contributed by atoms with van der Waals surface area (Å²) >= 11 is 1.34. The van der Waals surface area contributed by atoms with Gasteiger partial charge in [0.2, 0.25) is 11.1 Å². The number of amides is 1. The number of benzene rings is 2. The Kier molecular flexibility index (Phi) is 5.25. The molecule has 28 heavy (non-hydrogen) atoms. The highest BCUT2D eigenvalue weighted by Gasteiger charge is 2.22. The number of para-hydroxylation sites is 1. The van der Waals surface area contributed by atoms with E-state index in [0.29, 0.717) is 17.2 Å². The molecule has 4 rings (SSSR count). The van der Waals surface area contributed by atoms with Crippen LogP contribution >= 0.6 is 11.8 Å². The quantitative estimate of drug-likeness (QED) is 0.480. The van der Waals surface area contributed by atoms with Gasteiger partial charge in [0.25, 0.3) is 0 Å². The third-order valence-electron chi connectivity index (χ3n) is 4.67. The molecule has 0 radical (unpaired) electrons. The molecule has 0 unspecified atom stereocenters. The van der Waals surface area contributed by atoms with Crippen molar-refractivity contribution < 1.29 is 4.79 Å². The van der Waals surface area contributed by atoms with Crippen LogP contribution in [-0.2, 0) is 4.79 Å². The monoisotopic (exact) mass is 391 g/mol. The highest BCUT2D eigenvalue weighted by atomic mass is 32.2. The highest BCUT2D eigenvalue weighted by Crippen LogP contribution is 2.26. The first kappa shape index (κ1) is 18.4. The van der Waals surface area contributed by atoms with Crippen molar-refractivity contribution in [3.05, 3.63) is 60.2 Å². The van der Waals surface area contributed by atoms with Crippen molar-refractivity contribution in [2.75, 3.05) is 0 Å². The van der Waals surface area contributed by atoms with Crippen LogP contribution in [0, 0.1) is 0 Å². The molecule has 0 aliphatic heterocycles. The Hall–Kier alpha value is -2.93. The molecule has 0 fully saturated rings. The van der Waals surface area contributed by atoms with Gasteiger partial charge in [-0.25, -0.2) is 4.98 Å². The number of rotatable bonds is 6. The van der Waals surface area contributed by atoms with Crippen LogP contribution in [0.15, 0.2) is 59.8 Å². The summed E-state index contributed by atoms with van der Waals surface area (Å²) in [6.45, 7) is 3.97. The molecule has 4 aromatic rings. The Morgan fingerprint density at radius 3 is 2.64 bits per heavy atom. The van der Waals surface area contributed by atoms with E-state index in [1.807, 2.05) is 68.4 Å². The predicted molar refractivity (Wildman–Crippen MR) is 112 cm³/mol. The molecule has 2 heterocycles. The average Bonchev–Trinajstić information content (AvgIpc) is 3.10. The molecule has 142 valence electrons. The number of carbonyl (C=O) groups is 1. The lowest BCUT2D eigenvalue weighted by atomic mass is 10.1. The first-order valence-electron chi connectivity index (χ1n) is 9.29. The number of fused-ring (bicyclic) bond motifs is 3. The van der Waals surface area contributed by atoms with Crippen LogP contribution in [0.25, 0.3) is 22.1 Å². The number of nitrogens with zero attached hydrogens (tertiary/aromatic N) is 3. The summed E-state index contributed by atoms with van der Waals surface area (Å²) in [5.74, 6) is -0.0239. The zero-order valence-corrected chi connectivity index (χ0v) is 16.5. The Balaban J connectivity index is 1.51. The van der Waals surface area contributed by atoms with E-state index in [4.69, 9.17) is 0 Å². The van der Waals surface area contributed by atoms with Crippen LogP contribution in [0.1, 0.15) is 31.9 Å². The number of hydrogen-bond donors (Lipinski definition) is 2. The Bertz CT molecular complexity index is 1110. The molecule has 7 heteroatoms. The lowest BCUT2D eigenvalue weighted by Gasteiger charge is -2.18. The summed E-state index contributed by atoms with van der Waals surface area (Å²) in [5, 5.41) is 12.9. The fraction of sp³-hybridized carbons (Fsp3) is 0.238. The number of aromatic amines is 1. The van der Waals surface area contributed by atoms with Gasteiger partial charge in [-0.05, 0) is 25.0 Å². The van der Waals surface area contributed by atoms with E-state index in [-0.39, 0.29) is 17.2 Å². The highest BCUT2D eigenvalue weighted by molar-refractivity contribution is 8.00. The molecular weight excluding hydrogens is 370 g/mol. The minimum atomic E-state index is -0.283. The van der Waals surface area contributed by atoms with Crippen LogP contribution in [-0.4, -0.2) is 31.3 Å². The molecule has 2 aromatic carbocycles. The number of carbonyl (C=O) groups excluding carboxylic acids is 1. The maximum atomic E-state index is 12.8. The summed E-state index contributed by atoms with van der Waals surface area (Å²) < 4.78 is 0. The number of nitrogens with one attached hydrogen (secondary N) is 2. The molecular formula is C21H21N5OS. The molecule has 0 aliphatic carbocycles. The van der Waals surface area contributed by atoms with Crippen LogP contribution < -0.4 is 5.32 Å². The minimum absolute atomic E-state index is 0.0239. The summed E-state index contributed by atoms with van der Waals surface area (Å²) in [7, 11) is 0. The van der Waals surface area contributed by atoms with Crippen molar-refractivity contribution in [2.45, 2.75) is 36.7 Å². The first-order chi connectivity index (χ1) is 13.7. The Labute approximate surface area is 167 Å². The summed E-state index contributed by atoms with van der Waals surface area (Å²) in [5.41, 5.74) is 3.48. The summed E-state index contributed by atoms with van der Waals surface area (Å²) in [4.78, 5) is 20.6. The van der Waals surface area contributed by atoms with Gasteiger partial charge in [0.15, 0.2) is 5.65 Å². The van der Waals surface area contributed by atoms with E-state index >= 15 is 0 Å². The Morgan fingerprint density at radius 1 is 1.11 bits per heavy atom. The fourth-order valence-corrected chi connectivity index (χ4v) is 3.96. The van der Waals surface area contributed by atoms with E-state index in [1.54, 1.807) is 0 Å². The van der Waals surface area contributed by atoms with Crippen LogP contribution in [0.5, 0.6) is 0 Å². The van der Waals surface area contributed by atoms with Gasteiger partial charge < -0.3 is 10.3 Å². The largest absolute Gasteiger partial charge is 0.349 e. The number of hydrogen-bond acceptors (Lipinski definition) is 5. The smallest absolute Gasteiger partial charge is 0.234 e. The van der Waals surface area contributed by atoms with E-state index in [1.165, 1.54) is 11.8 Å². The Morgan fingerprint density at radius 2 is 1.86 bits per heavy atom. The second-order valence-electron chi connectivity index (χ2n) is 6.62. The zero-order valence-electron chi connectivity index (χ0n) is 15.7. The van der Waals surface area contributed by atoms with E-state index < -0.39 is 0 Å². The van der Waals surface area contributed by atoms with Crippen molar-refractivity contribution in [3.63, 3.8) is 0 Å². The second kappa shape index (κ2) is 7.98. The van der Waals surface area contributed by atoms with Crippen molar-refractivity contribution >= 4 is 39.7 Å². The maximum absolute atomic E-state index is 12.8. The normalized spacial score (nSPS) is 13.5. The molecule has 0 bridgehead atoms.